The first-order chi connectivity index (χ1) is 17.1. The molecular formula is C35H32Cl2Ti-4. The van der Waals surface area contributed by atoms with E-state index in [4.69, 9.17) is 0 Å². The number of halogens is 2. The predicted molar refractivity (Wildman–Crippen MR) is 155 cm³/mol. The van der Waals surface area contributed by atoms with Gasteiger partial charge >= 0.3 is 21.7 Å². The molecule has 6 rings (SSSR count). The van der Waals surface area contributed by atoms with Crippen molar-refractivity contribution in [1.82, 2.24) is 0 Å². The Bertz CT molecular complexity index is 1380. The van der Waals surface area contributed by atoms with Crippen molar-refractivity contribution in [2.75, 3.05) is 0 Å². The van der Waals surface area contributed by atoms with Gasteiger partial charge in [-0.05, 0) is 11.1 Å². The van der Waals surface area contributed by atoms with Crippen molar-refractivity contribution in [2.45, 2.75) is 20.3 Å². The summed E-state index contributed by atoms with van der Waals surface area (Å²) in [7, 11) is 0. The average molecular weight is 571 g/mol. The molecule has 38 heavy (non-hydrogen) atoms. The summed E-state index contributed by atoms with van der Waals surface area (Å²) in [6.07, 6.45) is 0.750. The quantitative estimate of drug-likeness (QED) is 0.217. The summed E-state index contributed by atoms with van der Waals surface area (Å²) in [6.45, 7) is 11.0. The molecule has 0 aromatic heterocycles. The molecule has 0 aliphatic rings. The number of hydrogen-bond acceptors (Lipinski definition) is 0. The maximum Gasteiger partial charge on any atom is 2.00 e. The molecule has 0 N–H and O–H groups in total. The molecule has 0 radical (unpaired) electrons. The molecule has 0 fully saturated rings. The van der Waals surface area contributed by atoms with Gasteiger partial charge in [-0.3, -0.25) is 0 Å². The van der Waals surface area contributed by atoms with Gasteiger partial charge in [0, 0.05) is 0 Å². The van der Waals surface area contributed by atoms with Crippen LogP contribution in [0.1, 0.15) is 17.5 Å². The van der Waals surface area contributed by atoms with E-state index in [0.29, 0.717) is 0 Å². The Morgan fingerprint density at radius 1 is 0.526 bits per heavy atom. The molecule has 6 aromatic carbocycles. The summed E-state index contributed by atoms with van der Waals surface area (Å²) in [5, 5.41) is 5.37. The minimum atomic E-state index is 0. The second-order valence-corrected chi connectivity index (χ2v) is 8.77. The Hall–Kier alpha value is -2.61. The van der Waals surface area contributed by atoms with E-state index < -0.39 is 0 Å². The van der Waals surface area contributed by atoms with Crippen LogP contribution in [0.25, 0.3) is 43.8 Å². The molecule has 3 heteroatoms. The number of aryl methyl sites for hydroxylation is 2. The smallest absolute Gasteiger partial charge is 1.00 e. The van der Waals surface area contributed by atoms with E-state index in [1.165, 1.54) is 54.9 Å². The van der Waals surface area contributed by atoms with Crippen molar-refractivity contribution < 1.29 is 46.5 Å². The molecule has 0 amide bonds. The van der Waals surface area contributed by atoms with E-state index >= 15 is 0 Å². The van der Waals surface area contributed by atoms with Crippen LogP contribution >= 0.6 is 0 Å². The second-order valence-electron chi connectivity index (χ2n) is 8.77. The Labute approximate surface area is 255 Å². The molecule has 0 saturated heterocycles. The van der Waals surface area contributed by atoms with E-state index in [1.54, 1.807) is 0 Å². The van der Waals surface area contributed by atoms with Crippen LogP contribution in [0.2, 0.25) is 0 Å². The molecule has 0 atom stereocenters. The first-order valence-electron chi connectivity index (χ1n) is 12.1. The number of rotatable bonds is 2. The fourth-order valence-corrected chi connectivity index (χ4v) is 4.51. The van der Waals surface area contributed by atoms with Crippen molar-refractivity contribution in [3.8, 4) is 22.3 Å². The molecular weight excluding hydrogens is 539 g/mol. The van der Waals surface area contributed by atoms with Gasteiger partial charge in [0.15, 0.2) is 0 Å². The normalized spacial score (nSPS) is 9.58. The van der Waals surface area contributed by atoms with Crippen molar-refractivity contribution in [1.29, 1.82) is 0 Å². The van der Waals surface area contributed by atoms with Gasteiger partial charge in [-0.25, -0.2) is 0 Å². The van der Waals surface area contributed by atoms with Crippen LogP contribution in [0.15, 0.2) is 121 Å². The first-order valence-corrected chi connectivity index (χ1v) is 12.1. The summed E-state index contributed by atoms with van der Waals surface area (Å²) in [6, 6.07) is 43.1. The Morgan fingerprint density at radius 2 is 0.868 bits per heavy atom. The van der Waals surface area contributed by atoms with Crippen molar-refractivity contribution in [3.05, 3.63) is 146 Å². The first kappa shape index (κ1) is 33.4. The minimum absolute atomic E-state index is 0. The van der Waals surface area contributed by atoms with Gasteiger partial charge in [0.05, 0.1) is 0 Å². The van der Waals surface area contributed by atoms with Crippen molar-refractivity contribution >= 4 is 21.5 Å². The molecule has 0 unspecified atom stereocenters. The van der Waals surface area contributed by atoms with Crippen LogP contribution in [0.3, 0.4) is 0 Å². The summed E-state index contributed by atoms with van der Waals surface area (Å²) in [5.41, 5.74) is 7.89. The molecule has 0 aliphatic heterocycles. The molecule has 0 saturated carbocycles. The Kier molecular flexibility index (Phi) is 14.4. The van der Waals surface area contributed by atoms with Crippen LogP contribution in [0.4, 0.5) is 0 Å². The molecule has 0 spiro atoms. The van der Waals surface area contributed by atoms with Crippen LogP contribution in [-0.4, -0.2) is 0 Å². The predicted octanol–water partition coefficient (Wildman–Crippen LogP) is 4.12. The molecule has 6 aromatic rings. The van der Waals surface area contributed by atoms with Crippen LogP contribution in [0.5, 0.6) is 0 Å². The number of benzene rings is 4. The molecule has 0 nitrogen and oxygen atoms in total. The standard InChI is InChI=1S/2C16H13.C3H6.2ClH.Ti/c2*1-12-10-14-8-5-9-15(16(14)11-12)13-6-3-2-4-7-13;1-3-2;;;/h2*2-11H,1H3;1-3H2;2*1H;/q2*-1;-2;;;+2/p-2. The van der Waals surface area contributed by atoms with Gasteiger partial charge in [0.2, 0.25) is 0 Å². The van der Waals surface area contributed by atoms with Crippen molar-refractivity contribution in [2.24, 2.45) is 0 Å². The van der Waals surface area contributed by atoms with E-state index in [-0.39, 0.29) is 46.5 Å². The maximum atomic E-state index is 3.38. The van der Waals surface area contributed by atoms with E-state index in [1.807, 2.05) is 0 Å². The SMILES string of the molecule is Cc1cc2c(-c3ccccc3)cccc2[cH-]1.Cc1cc2c(-c3ccccc3)cccc2[cH-]1.[CH2-]C[CH2-].[Cl-].[Cl-].[Ti+2]. The molecule has 0 aliphatic carbocycles. The average Bonchev–Trinajstić information content (AvgIpc) is 3.46. The molecule has 0 bridgehead atoms. The van der Waals surface area contributed by atoms with E-state index in [9.17, 15) is 0 Å². The van der Waals surface area contributed by atoms with Gasteiger partial charge in [-0.1, -0.05) is 97.8 Å². The molecule has 194 valence electrons. The fraction of sp³-hybridized carbons (Fsp3) is 0.0857. The van der Waals surface area contributed by atoms with Gasteiger partial charge in [0.1, 0.15) is 0 Å². The Morgan fingerprint density at radius 3 is 1.21 bits per heavy atom. The summed E-state index contributed by atoms with van der Waals surface area (Å²) in [5.74, 6) is 0. The monoisotopic (exact) mass is 570 g/mol. The van der Waals surface area contributed by atoms with Crippen LogP contribution in [0, 0.1) is 27.7 Å². The maximum absolute atomic E-state index is 3.38. The van der Waals surface area contributed by atoms with E-state index in [2.05, 4.69) is 149 Å². The van der Waals surface area contributed by atoms with Gasteiger partial charge in [0.25, 0.3) is 0 Å². The van der Waals surface area contributed by atoms with Crippen LogP contribution in [-0.2, 0) is 21.7 Å². The van der Waals surface area contributed by atoms with Gasteiger partial charge < -0.3 is 45.1 Å². The van der Waals surface area contributed by atoms with Crippen LogP contribution < -0.4 is 24.8 Å². The molecule has 0 heterocycles. The zero-order valence-electron chi connectivity index (χ0n) is 21.9. The Balaban J connectivity index is 0.000000322. The summed E-state index contributed by atoms with van der Waals surface area (Å²) < 4.78 is 0. The fourth-order valence-electron chi connectivity index (χ4n) is 4.51. The zero-order valence-corrected chi connectivity index (χ0v) is 25.0. The topological polar surface area (TPSA) is 0 Å². The second kappa shape index (κ2) is 16.4. The summed E-state index contributed by atoms with van der Waals surface area (Å²) in [4.78, 5) is 0. The minimum Gasteiger partial charge on any atom is -1.00 e. The largest absolute Gasteiger partial charge is 2.00 e. The zero-order chi connectivity index (χ0) is 24.6. The van der Waals surface area contributed by atoms with E-state index in [0.717, 1.165) is 6.42 Å². The third-order valence-corrected chi connectivity index (χ3v) is 5.96. The number of hydrogen-bond donors (Lipinski definition) is 0. The third kappa shape index (κ3) is 8.19. The number of fused-ring (bicyclic) bond motifs is 2. The van der Waals surface area contributed by atoms with Gasteiger partial charge in [-0.2, -0.15) is 12.1 Å². The van der Waals surface area contributed by atoms with Gasteiger partial charge in [-0.15, -0.1) is 69.1 Å². The third-order valence-electron chi connectivity index (χ3n) is 5.96. The van der Waals surface area contributed by atoms with Crippen molar-refractivity contribution in [3.63, 3.8) is 0 Å². The summed E-state index contributed by atoms with van der Waals surface area (Å²) >= 11 is 0.